The van der Waals surface area contributed by atoms with Crippen molar-refractivity contribution >= 4 is 31.9 Å². The van der Waals surface area contributed by atoms with Crippen LogP contribution in [-0.4, -0.2) is 5.11 Å². The molecule has 1 atom stereocenters. The molecule has 20 heavy (non-hydrogen) atoms. The molecule has 0 spiro atoms. The molecule has 0 bridgehead atoms. The van der Waals surface area contributed by atoms with Crippen LogP contribution in [0.3, 0.4) is 0 Å². The summed E-state index contributed by atoms with van der Waals surface area (Å²) in [6.07, 6.45) is -0.488. The Bertz CT molecular complexity index is 613. The number of rotatable bonds is 3. The van der Waals surface area contributed by atoms with E-state index in [4.69, 9.17) is 4.74 Å². The Morgan fingerprint density at radius 1 is 1.05 bits per heavy atom. The van der Waals surface area contributed by atoms with Gasteiger partial charge in [0.05, 0.1) is 10.6 Å². The Kier molecular flexibility index (Phi) is 4.89. The van der Waals surface area contributed by atoms with E-state index < -0.39 is 6.10 Å². The summed E-state index contributed by atoms with van der Waals surface area (Å²) in [6, 6.07) is 9.58. The number of aliphatic hydroxyl groups excluding tert-OH is 1. The van der Waals surface area contributed by atoms with Gasteiger partial charge in [0.25, 0.3) is 0 Å². The summed E-state index contributed by atoms with van der Waals surface area (Å²) in [4.78, 5) is 0. The number of halogens is 2. The van der Waals surface area contributed by atoms with E-state index in [-0.39, 0.29) is 0 Å². The molecular weight excluding hydrogens is 384 g/mol. The zero-order chi connectivity index (χ0) is 14.9. The van der Waals surface area contributed by atoms with Crippen molar-refractivity contribution in [2.45, 2.75) is 26.9 Å². The van der Waals surface area contributed by atoms with Crippen LogP contribution in [0.1, 0.15) is 29.7 Å². The van der Waals surface area contributed by atoms with Gasteiger partial charge in [-0.05, 0) is 77.7 Å². The topological polar surface area (TPSA) is 29.5 Å². The molecule has 2 aromatic carbocycles. The second kappa shape index (κ2) is 6.29. The van der Waals surface area contributed by atoms with Crippen LogP contribution >= 0.6 is 31.9 Å². The van der Waals surface area contributed by atoms with E-state index in [1.54, 1.807) is 6.92 Å². The Morgan fingerprint density at radius 2 is 1.65 bits per heavy atom. The molecule has 0 aromatic heterocycles. The van der Waals surface area contributed by atoms with Gasteiger partial charge >= 0.3 is 0 Å². The fourth-order valence-corrected chi connectivity index (χ4v) is 2.66. The van der Waals surface area contributed by atoms with Gasteiger partial charge in [-0.25, -0.2) is 0 Å². The SMILES string of the molecule is Cc1cc(Oc2ccc([C@@H](C)O)cc2Br)cc(C)c1Br. The first-order valence-corrected chi connectivity index (χ1v) is 7.89. The average molecular weight is 400 g/mol. The summed E-state index contributed by atoms with van der Waals surface area (Å²) < 4.78 is 7.84. The van der Waals surface area contributed by atoms with Crippen LogP contribution in [0.4, 0.5) is 0 Å². The van der Waals surface area contributed by atoms with Crippen LogP contribution < -0.4 is 4.74 Å². The van der Waals surface area contributed by atoms with Gasteiger partial charge in [-0.15, -0.1) is 0 Å². The number of ether oxygens (including phenoxy) is 1. The molecule has 0 fully saturated rings. The van der Waals surface area contributed by atoms with Gasteiger partial charge in [0, 0.05) is 4.47 Å². The smallest absolute Gasteiger partial charge is 0.141 e. The molecule has 2 aromatic rings. The number of hydrogen-bond acceptors (Lipinski definition) is 2. The molecule has 106 valence electrons. The highest BCUT2D eigenvalue weighted by atomic mass is 79.9. The van der Waals surface area contributed by atoms with Crippen LogP contribution in [0.15, 0.2) is 39.3 Å². The molecule has 0 radical (unpaired) electrons. The van der Waals surface area contributed by atoms with Gasteiger partial charge in [-0.3, -0.25) is 0 Å². The molecule has 0 amide bonds. The maximum Gasteiger partial charge on any atom is 0.141 e. The number of benzene rings is 2. The van der Waals surface area contributed by atoms with E-state index in [1.165, 1.54) is 0 Å². The summed E-state index contributed by atoms with van der Waals surface area (Å²) in [6.45, 7) is 5.81. The number of hydrogen-bond donors (Lipinski definition) is 1. The Morgan fingerprint density at radius 3 is 2.15 bits per heavy atom. The van der Waals surface area contributed by atoms with Gasteiger partial charge in [-0.1, -0.05) is 22.0 Å². The normalized spacial score (nSPS) is 12.3. The van der Waals surface area contributed by atoms with Crippen LogP contribution in [-0.2, 0) is 0 Å². The van der Waals surface area contributed by atoms with E-state index >= 15 is 0 Å². The third kappa shape index (κ3) is 3.43. The van der Waals surface area contributed by atoms with Crippen molar-refractivity contribution in [1.82, 2.24) is 0 Å². The zero-order valence-electron chi connectivity index (χ0n) is 11.6. The van der Waals surface area contributed by atoms with Crippen molar-refractivity contribution in [1.29, 1.82) is 0 Å². The maximum absolute atomic E-state index is 9.57. The lowest BCUT2D eigenvalue weighted by molar-refractivity contribution is 0.199. The number of aliphatic hydroxyl groups is 1. The minimum absolute atomic E-state index is 0.488. The van der Waals surface area contributed by atoms with E-state index in [0.29, 0.717) is 0 Å². The third-order valence-corrected chi connectivity index (χ3v) is 4.95. The first-order chi connectivity index (χ1) is 9.38. The Labute approximate surface area is 136 Å². The van der Waals surface area contributed by atoms with E-state index in [2.05, 4.69) is 31.9 Å². The third-order valence-electron chi connectivity index (χ3n) is 3.08. The fourth-order valence-electron chi connectivity index (χ4n) is 1.95. The largest absolute Gasteiger partial charge is 0.456 e. The lowest BCUT2D eigenvalue weighted by atomic mass is 10.1. The predicted octanol–water partition coefficient (Wildman–Crippen LogP) is 5.67. The summed E-state index contributed by atoms with van der Waals surface area (Å²) >= 11 is 7.03. The Balaban J connectivity index is 2.31. The van der Waals surface area contributed by atoms with Gasteiger partial charge in [0.15, 0.2) is 0 Å². The summed E-state index contributed by atoms with van der Waals surface area (Å²) in [7, 11) is 0. The van der Waals surface area contributed by atoms with Crippen molar-refractivity contribution in [3.05, 3.63) is 56.0 Å². The van der Waals surface area contributed by atoms with Crippen molar-refractivity contribution in [2.75, 3.05) is 0 Å². The summed E-state index contributed by atoms with van der Waals surface area (Å²) in [5.41, 5.74) is 3.13. The second-order valence-corrected chi connectivity index (χ2v) is 6.49. The van der Waals surface area contributed by atoms with Gasteiger partial charge in [0.2, 0.25) is 0 Å². The average Bonchev–Trinajstić information content (AvgIpc) is 2.38. The highest BCUT2D eigenvalue weighted by Gasteiger charge is 2.09. The van der Waals surface area contributed by atoms with E-state index in [0.717, 1.165) is 37.1 Å². The monoisotopic (exact) mass is 398 g/mol. The van der Waals surface area contributed by atoms with E-state index in [9.17, 15) is 5.11 Å². The van der Waals surface area contributed by atoms with Gasteiger partial charge in [-0.2, -0.15) is 0 Å². The van der Waals surface area contributed by atoms with Crippen LogP contribution in [0.2, 0.25) is 0 Å². The van der Waals surface area contributed by atoms with Crippen molar-refractivity contribution < 1.29 is 9.84 Å². The van der Waals surface area contributed by atoms with Crippen LogP contribution in [0.25, 0.3) is 0 Å². The van der Waals surface area contributed by atoms with Crippen molar-refractivity contribution in [2.24, 2.45) is 0 Å². The van der Waals surface area contributed by atoms with E-state index in [1.807, 2.05) is 44.2 Å². The highest BCUT2D eigenvalue weighted by molar-refractivity contribution is 9.10. The van der Waals surface area contributed by atoms with Crippen LogP contribution in [0, 0.1) is 13.8 Å². The maximum atomic E-state index is 9.57. The molecule has 4 heteroatoms. The molecule has 2 rings (SSSR count). The zero-order valence-corrected chi connectivity index (χ0v) is 14.7. The van der Waals surface area contributed by atoms with Crippen molar-refractivity contribution in [3.63, 3.8) is 0 Å². The fraction of sp³-hybridized carbons (Fsp3) is 0.250. The van der Waals surface area contributed by atoms with Crippen LogP contribution in [0.5, 0.6) is 11.5 Å². The predicted molar refractivity (Wildman–Crippen MR) is 88.5 cm³/mol. The summed E-state index contributed by atoms with van der Waals surface area (Å²) in [5.74, 6) is 1.53. The van der Waals surface area contributed by atoms with Gasteiger partial charge in [0.1, 0.15) is 11.5 Å². The molecule has 0 heterocycles. The molecular formula is C16H16Br2O2. The first kappa shape index (κ1) is 15.5. The molecule has 1 N–H and O–H groups in total. The molecule has 0 saturated carbocycles. The Hall–Kier alpha value is -0.840. The quantitative estimate of drug-likeness (QED) is 0.719. The molecule has 0 aliphatic rings. The van der Waals surface area contributed by atoms with Gasteiger partial charge < -0.3 is 9.84 Å². The molecule has 2 nitrogen and oxygen atoms in total. The molecule has 0 aliphatic heterocycles. The standard InChI is InChI=1S/C16H16Br2O2/c1-9-6-13(7-10(2)16(9)18)20-15-5-4-12(11(3)19)8-14(15)17/h4-8,11,19H,1-3H3/t11-/m1/s1. The number of aryl methyl sites for hydroxylation is 2. The minimum atomic E-state index is -0.488. The molecule has 0 saturated heterocycles. The highest BCUT2D eigenvalue weighted by Crippen LogP contribution is 2.34. The lowest BCUT2D eigenvalue weighted by Crippen LogP contribution is -1.93. The molecule has 0 unspecified atom stereocenters. The first-order valence-electron chi connectivity index (χ1n) is 6.30. The minimum Gasteiger partial charge on any atom is -0.456 e. The lowest BCUT2D eigenvalue weighted by Gasteiger charge is -2.12. The second-order valence-electron chi connectivity index (χ2n) is 4.84. The molecule has 0 aliphatic carbocycles. The summed E-state index contributed by atoms with van der Waals surface area (Å²) in [5, 5.41) is 9.57. The van der Waals surface area contributed by atoms with Crippen molar-refractivity contribution in [3.8, 4) is 11.5 Å².